The van der Waals surface area contributed by atoms with Crippen LogP contribution in [0.1, 0.15) is 16.8 Å². The smallest absolute Gasteiger partial charge is 0.113 e. The maximum atomic E-state index is 7.08. The van der Waals surface area contributed by atoms with Crippen LogP contribution in [0.15, 0.2) is 48.7 Å². The number of rotatable bonds is 1. The van der Waals surface area contributed by atoms with Crippen molar-refractivity contribution in [1.82, 2.24) is 4.98 Å². The summed E-state index contributed by atoms with van der Waals surface area (Å²) in [5.41, 5.74) is 2.57. The molecule has 0 atom stereocenters. The van der Waals surface area contributed by atoms with Crippen molar-refractivity contribution in [2.75, 3.05) is 0 Å². The monoisotopic (exact) mass is 206 g/mol. The van der Waals surface area contributed by atoms with Gasteiger partial charge in [-0.05, 0) is 35.7 Å². The molecule has 16 heavy (non-hydrogen) atoms. The molecule has 0 spiro atoms. The van der Waals surface area contributed by atoms with Crippen LogP contribution in [0.2, 0.25) is 0 Å². The van der Waals surface area contributed by atoms with Gasteiger partial charge in [-0.15, -0.1) is 0 Å². The fraction of sp³-hybridized carbons (Fsp3) is 0. The largest absolute Gasteiger partial charge is 0.308 e. The second-order valence-electron chi connectivity index (χ2n) is 3.23. The standard InChI is InChI=1S/C14H10N2/c15-11-13-6-4-12(5-7-13)8-9-14-3-1-2-10-16-14/h1-7,10-11,15H. The highest BCUT2D eigenvalue weighted by Crippen LogP contribution is 2.01. The third-order valence-corrected chi connectivity index (χ3v) is 2.08. The first kappa shape index (κ1) is 10.1. The van der Waals surface area contributed by atoms with Crippen molar-refractivity contribution in [2.45, 2.75) is 0 Å². The minimum Gasteiger partial charge on any atom is -0.308 e. The van der Waals surface area contributed by atoms with Gasteiger partial charge in [0.15, 0.2) is 0 Å². The van der Waals surface area contributed by atoms with Crippen LogP contribution in [0, 0.1) is 17.3 Å². The number of hydrogen-bond donors (Lipinski definition) is 1. The van der Waals surface area contributed by atoms with Crippen LogP contribution in [0.4, 0.5) is 0 Å². The maximum absolute atomic E-state index is 7.08. The van der Waals surface area contributed by atoms with Crippen LogP contribution < -0.4 is 0 Å². The van der Waals surface area contributed by atoms with Crippen molar-refractivity contribution in [3.8, 4) is 11.8 Å². The Labute approximate surface area is 94.5 Å². The summed E-state index contributed by atoms with van der Waals surface area (Å²) >= 11 is 0. The zero-order valence-electron chi connectivity index (χ0n) is 8.64. The Morgan fingerprint density at radius 2 is 1.81 bits per heavy atom. The van der Waals surface area contributed by atoms with Gasteiger partial charge in [-0.1, -0.05) is 24.1 Å². The Bertz CT molecular complexity index is 530. The molecule has 0 saturated carbocycles. The Morgan fingerprint density at radius 1 is 1.00 bits per heavy atom. The van der Waals surface area contributed by atoms with Gasteiger partial charge in [0.2, 0.25) is 0 Å². The van der Waals surface area contributed by atoms with E-state index in [1.165, 1.54) is 6.21 Å². The van der Waals surface area contributed by atoms with Gasteiger partial charge in [-0.3, -0.25) is 0 Å². The van der Waals surface area contributed by atoms with Gasteiger partial charge in [0.05, 0.1) is 0 Å². The van der Waals surface area contributed by atoms with Gasteiger partial charge in [0.25, 0.3) is 0 Å². The van der Waals surface area contributed by atoms with Crippen molar-refractivity contribution in [3.63, 3.8) is 0 Å². The molecule has 2 heteroatoms. The molecule has 1 heterocycles. The molecule has 1 aromatic carbocycles. The predicted molar refractivity (Wildman–Crippen MR) is 64.5 cm³/mol. The number of nitrogens with zero attached hydrogens (tertiary/aromatic N) is 1. The summed E-state index contributed by atoms with van der Waals surface area (Å²) in [7, 11) is 0. The van der Waals surface area contributed by atoms with Crippen LogP contribution in [0.5, 0.6) is 0 Å². The third-order valence-electron chi connectivity index (χ3n) is 2.08. The molecule has 0 saturated heterocycles. The second-order valence-corrected chi connectivity index (χ2v) is 3.23. The van der Waals surface area contributed by atoms with Crippen molar-refractivity contribution < 1.29 is 0 Å². The van der Waals surface area contributed by atoms with Gasteiger partial charge >= 0.3 is 0 Å². The van der Waals surface area contributed by atoms with E-state index in [1.807, 2.05) is 42.5 Å². The summed E-state index contributed by atoms with van der Waals surface area (Å²) in [5.74, 6) is 6.00. The number of hydrogen-bond acceptors (Lipinski definition) is 2. The summed E-state index contributed by atoms with van der Waals surface area (Å²) in [4.78, 5) is 4.12. The van der Waals surface area contributed by atoms with Crippen molar-refractivity contribution in [3.05, 3.63) is 65.5 Å². The summed E-state index contributed by atoms with van der Waals surface area (Å²) < 4.78 is 0. The van der Waals surface area contributed by atoms with E-state index in [4.69, 9.17) is 5.41 Å². The van der Waals surface area contributed by atoms with Crippen LogP contribution in [-0.4, -0.2) is 11.2 Å². The first-order chi connectivity index (χ1) is 7.88. The van der Waals surface area contributed by atoms with E-state index in [-0.39, 0.29) is 0 Å². The summed E-state index contributed by atoms with van der Waals surface area (Å²) in [6.45, 7) is 0. The first-order valence-electron chi connectivity index (χ1n) is 4.92. The Hall–Kier alpha value is -2.40. The summed E-state index contributed by atoms with van der Waals surface area (Å²) in [5, 5.41) is 7.08. The van der Waals surface area contributed by atoms with Gasteiger partial charge in [0, 0.05) is 18.0 Å². The SMILES string of the molecule is N=Cc1ccc(C#Cc2ccccn2)cc1. The van der Waals surface area contributed by atoms with Gasteiger partial charge in [0.1, 0.15) is 5.69 Å². The van der Waals surface area contributed by atoms with E-state index in [0.717, 1.165) is 16.8 Å². The molecule has 1 N–H and O–H groups in total. The molecule has 0 radical (unpaired) electrons. The van der Waals surface area contributed by atoms with Crippen molar-refractivity contribution >= 4 is 6.21 Å². The lowest BCUT2D eigenvalue weighted by Crippen LogP contribution is -1.81. The molecule has 0 aliphatic rings. The normalized spacial score (nSPS) is 9.00. The van der Waals surface area contributed by atoms with Gasteiger partial charge in [-0.2, -0.15) is 0 Å². The molecule has 2 aromatic rings. The summed E-state index contributed by atoms with van der Waals surface area (Å²) in [6.07, 6.45) is 3.04. The Morgan fingerprint density at radius 3 is 2.44 bits per heavy atom. The zero-order chi connectivity index (χ0) is 11.2. The molecule has 0 unspecified atom stereocenters. The molecule has 0 bridgehead atoms. The Balaban J connectivity index is 2.21. The van der Waals surface area contributed by atoms with E-state index in [9.17, 15) is 0 Å². The Kier molecular flexibility index (Phi) is 3.10. The zero-order valence-corrected chi connectivity index (χ0v) is 8.64. The van der Waals surface area contributed by atoms with Crippen molar-refractivity contribution in [2.24, 2.45) is 0 Å². The molecule has 1 aromatic heterocycles. The fourth-order valence-electron chi connectivity index (χ4n) is 1.24. The highest BCUT2D eigenvalue weighted by atomic mass is 14.6. The lowest BCUT2D eigenvalue weighted by molar-refractivity contribution is 1.29. The van der Waals surface area contributed by atoms with Gasteiger partial charge in [-0.25, -0.2) is 4.98 Å². The average Bonchev–Trinajstić information content (AvgIpc) is 2.38. The van der Waals surface area contributed by atoms with Crippen LogP contribution in [-0.2, 0) is 0 Å². The van der Waals surface area contributed by atoms with Crippen molar-refractivity contribution in [1.29, 1.82) is 5.41 Å². The van der Waals surface area contributed by atoms with E-state index < -0.39 is 0 Å². The number of aromatic nitrogens is 1. The van der Waals surface area contributed by atoms with E-state index in [1.54, 1.807) is 6.20 Å². The molecule has 0 amide bonds. The number of pyridine rings is 1. The molecular formula is C14H10N2. The van der Waals surface area contributed by atoms with Gasteiger partial charge < -0.3 is 5.41 Å². The molecule has 2 nitrogen and oxygen atoms in total. The highest BCUT2D eigenvalue weighted by molar-refractivity contribution is 5.77. The third kappa shape index (κ3) is 2.55. The molecule has 2 rings (SSSR count). The fourth-order valence-corrected chi connectivity index (χ4v) is 1.24. The quantitative estimate of drug-likeness (QED) is 0.564. The number of benzene rings is 1. The average molecular weight is 206 g/mol. The topological polar surface area (TPSA) is 36.7 Å². The maximum Gasteiger partial charge on any atom is 0.113 e. The lowest BCUT2D eigenvalue weighted by Gasteiger charge is -1.91. The van der Waals surface area contributed by atoms with Crippen LogP contribution in [0.3, 0.4) is 0 Å². The molecular weight excluding hydrogens is 196 g/mol. The van der Waals surface area contributed by atoms with E-state index in [2.05, 4.69) is 16.8 Å². The summed E-state index contributed by atoms with van der Waals surface area (Å²) in [6, 6.07) is 13.2. The molecule has 0 aliphatic carbocycles. The molecule has 0 fully saturated rings. The molecule has 76 valence electrons. The van der Waals surface area contributed by atoms with E-state index in [0.29, 0.717) is 0 Å². The highest BCUT2D eigenvalue weighted by Gasteiger charge is 1.88. The second kappa shape index (κ2) is 4.90. The number of nitrogens with one attached hydrogen (secondary N) is 1. The minimum absolute atomic E-state index is 0.763. The lowest BCUT2D eigenvalue weighted by atomic mass is 10.1. The minimum atomic E-state index is 0.763. The van der Waals surface area contributed by atoms with Crippen LogP contribution in [0.25, 0.3) is 0 Å². The van der Waals surface area contributed by atoms with E-state index >= 15 is 0 Å². The van der Waals surface area contributed by atoms with Crippen LogP contribution >= 0.6 is 0 Å². The predicted octanol–water partition coefficient (Wildman–Crippen LogP) is 2.48. The molecule has 0 aliphatic heterocycles. The first-order valence-corrected chi connectivity index (χ1v) is 4.92.